The van der Waals surface area contributed by atoms with E-state index in [1.807, 2.05) is 0 Å². The van der Waals surface area contributed by atoms with Gasteiger partial charge < -0.3 is 9.84 Å². The van der Waals surface area contributed by atoms with Crippen LogP contribution in [0.3, 0.4) is 0 Å². The zero-order valence-corrected chi connectivity index (χ0v) is 23.7. The Labute approximate surface area is 213 Å². The van der Waals surface area contributed by atoms with Crippen molar-refractivity contribution in [2.75, 3.05) is 6.61 Å². The minimum absolute atomic E-state index is 0.00314. The molecule has 0 unspecified atom stereocenters. The molecule has 0 radical (unpaired) electrons. The Hall–Kier alpha value is 0.0800. The summed E-state index contributed by atoms with van der Waals surface area (Å²) in [5.41, 5.74) is -0.125. The highest BCUT2D eigenvalue weighted by Gasteiger charge is 2.28. The van der Waals surface area contributed by atoms with Crippen molar-refractivity contribution >= 4 is 75.7 Å². The second kappa shape index (κ2) is 15.8. The molecule has 30 heavy (non-hydrogen) atoms. The first-order chi connectivity index (χ1) is 14.3. The predicted molar refractivity (Wildman–Crippen MR) is 136 cm³/mol. The Morgan fingerprint density at radius 3 is 1.50 bits per heavy atom. The van der Waals surface area contributed by atoms with E-state index >= 15 is 0 Å². The number of hydrogen-bond acceptors (Lipinski definition) is 3. The molecule has 0 atom stereocenters. The molecule has 8 heteroatoms. The van der Waals surface area contributed by atoms with Gasteiger partial charge in [0.15, 0.2) is 0 Å². The molecule has 1 rings (SSSR count). The van der Waals surface area contributed by atoms with Gasteiger partial charge in [0, 0.05) is 17.9 Å². The van der Waals surface area contributed by atoms with Gasteiger partial charge in [0.05, 0.1) is 17.7 Å². The van der Waals surface area contributed by atoms with Crippen molar-refractivity contribution in [3.8, 4) is 0 Å². The molecular formula is C22H30Br4O4. The lowest BCUT2D eigenvalue weighted by molar-refractivity contribution is 0.0486. The normalized spacial score (nSPS) is 11.0. The summed E-state index contributed by atoms with van der Waals surface area (Å²) in [5.74, 6) is -1.84. The van der Waals surface area contributed by atoms with Crippen LogP contribution in [-0.4, -0.2) is 23.7 Å². The number of unbranched alkanes of at least 4 members (excludes halogenated alkanes) is 11. The molecule has 4 nitrogen and oxygen atoms in total. The summed E-state index contributed by atoms with van der Waals surface area (Å²) in [6.45, 7) is 2.53. The highest BCUT2D eigenvalue weighted by Crippen LogP contribution is 2.42. The number of carboxylic acid groups (broad SMARTS) is 1. The van der Waals surface area contributed by atoms with Gasteiger partial charge in [-0.25, -0.2) is 9.59 Å². The lowest BCUT2D eigenvalue weighted by Gasteiger charge is -2.14. The number of rotatable bonds is 15. The van der Waals surface area contributed by atoms with E-state index in [-0.39, 0.29) is 17.7 Å². The summed E-state index contributed by atoms with van der Waals surface area (Å²) >= 11 is 13.2. The first-order valence-corrected chi connectivity index (χ1v) is 13.8. The molecule has 1 N–H and O–H groups in total. The van der Waals surface area contributed by atoms with Gasteiger partial charge in [0.1, 0.15) is 0 Å². The molecule has 0 bridgehead atoms. The molecule has 1 aromatic carbocycles. The van der Waals surface area contributed by atoms with Gasteiger partial charge in [-0.1, -0.05) is 77.6 Å². The van der Waals surface area contributed by atoms with Crippen LogP contribution in [0.4, 0.5) is 0 Å². The van der Waals surface area contributed by atoms with Gasteiger partial charge in [0.2, 0.25) is 0 Å². The molecule has 0 aromatic heterocycles. The Morgan fingerprint density at radius 1 is 0.667 bits per heavy atom. The van der Waals surface area contributed by atoms with Crippen molar-refractivity contribution in [2.24, 2.45) is 0 Å². The number of esters is 1. The zero-order chi connectivity index (χ0) is 22.5. The zero-order valence-electron chi connectivity index (χ0n) is 17.4. The van der Waals surface area contributed by atoms with E-state index in [2.05, 4.69) is 70.6 Å². The van der Waals surface area contributed by atoms with E-state index in [4.69, 9.17) is 4.74 Å². The number of ether oxygens (including phenoxy) is 1. The average Bonchev–Trinajstić information content (AvgIpc) is 2.71. The van der Waals surface area contributed by atoms with Crippen LogP contribution < -0.4 is 0 Å². The minimum Gasteiger partial charge on any atom is -0.478 e. The van der Waals surface area contributed by atoms with Gasteiger partial charge >= 0.3 is 11.9 Å². The third-order valence-corrected chi connectivity index (χ3v) is 9.68. The second-order valence-corrected chi connectivity index (χ2v) is 10.5. The van der Waals surface area contributed by atoms with Crippen LogP contribution >= 0.6 is 63.7 Å². The van der Waals surface area contributed by atoms with E-state index in [1.54, 1.807) is 0 Å². The van der Waals surface area contributed by atoms with Crippen molar-refractivity contribution in [1.82, 2.24) is 0 Å². The van der Waals surface area contributed by atoms with Gasteiger partial charge in [0.25, 0.3) is 0 Å². The minimum atomic E-state index is -1.20. The molecule has 0 saturated heterocycles. The number of halogens is 4. The van der Waals surface area contributed by atoms with E-state index in [9.17, 15) is 14.7 Å². The van der Waals surface area contributed by atoms with Crippen molar-refractivity contribution < 1.29 is 19.4 Å². The van der Waals surface area contributed by atoms with E-state index in [0.717, 1.165) is 19.3 Å². The molecule has 0 amide bonds. The maximum absolute atomic E-state index is 12.5. The van der Waals surface area contributed by atoms with Crippen LogP contribution in [0.15, 0.2) is 17.9 Å². The lowest BCUT2D eigenvalue weighted by atomic mass is 10.1. The smallest absolute Gasteiger partial charge is 0.340 e. The number of benzene rings is 1. The Morgan fingerprint density at radius 2 is 1.07 bits per heavy atom. The molecule has 1 aromatic rings. The number of aromatic carboxylic acids is 1. The fourth-order valence-corrected chi connectivity index (χ4v) is 5.65. The average molecular weight is 678 g/mol. The Bertz CT molecular complexity index is 707. The maximum atomic E-state index is 12.5. The van der Waals surface area contributed by atoms with Crippen molar-refractivity contribution in [3.63, 3.8) is 0 Å². The Balaban J connectivity index is 2.32. The summed E-state index contributed by atoms with van der Waals surface area (Å²) in [5, 5.41) is 9.52. The summed E-state index contributed by atoms with van der Waals surface area (Å²) in [7, 11) is 0. The highest BCUT2D eigenvalue weighted by molar-refractivity contribution is 9.15. The van der Waals surface area contributed by atoms with Crippen molar-refractivity contribution in [2.45, 2.75) is 84.0 Å². The highest BCUT2D eigenvalue weighted by atomic mass is 79.9. The standard InChI is InChI=1S/C22H30Br4O4/c1-2-3-4-5-6-7-8-9-10-11-12-13-14-30-22(29)16-15(21(27)28)17(23)19(25)20(26)18(16)24/h2-14H2,1H3,(H,27,28). The molecule has 0 heterocycles. The van der Waals surface area contributed by atoms with Crippen molar-refractivity contribution in [3.05, 3.63) is 29.0 Å². The summed E-state index contributed by atoms with van der Waals surface area (Å²) in [4.78, 5) is 24.2. The van der Waals surface area contributed by atoms with Crippen LogP contribution in [0.2, 0.25) is 0 Å². The molecular weight excluding hydrogens is 648 g/mol. The monoisotopic (exact) mass is 674 g/mol. The first kappa shape index (κ1) is 28.1. The lowest BCUT2D eigenvalue weighted by Crippen LogP contribution is -2.15. The molecule has 0 fully saturated rings. The third kappa shape index (κ3) is 9.29. The maximum Gasteiger partial charge on any atom is 0.340 e. The topological polar surface area (TPSA) is 63.6 Å². The summed E-state index contributed by atoms with van der Waals surface area (Å²) in [6, 6.07) is 0. The van der Waals surface area contributed by atoms with E-state index in [0.29, 0.717) is 17.9 Å². The van der Waals surface area contributed by atoms with Crippen LogP contribution in [0.5, 0.6) is 0 Å². The number of carboxylic acids is 1. The van der Waals surface area contributed by atoms with Crippen LogP contribution in [0.1, 0.15) is 105 Å². The third-order valence-electron chi connectivity index (χ3n) is 4.92. The number of hydrogen-bond donors (Lipinski definition) is 1. The fourth-order valence-electron chi connectivity index (χ4n) is 3.20. The van der Waals surface area contributed by atoms with E-state index < -0.39 is 11.9 Å². The van der Waals surface area contributed by atoms with Gasteiger partial charge in [-0.3, -0.25) is 0 Å². The summed E-state index contributed by atoms with van der Waals surface area (Å²) in [6.07, 6.45) is 14.8. The van der Waals surface area contributed by atoms with Crippen LogP contribution in [-0.2, 0) is 4.74 Å². The molecule has 0 spiro atoms. The van der Waals surface area contributed by atoms with Gasteiger partial charge in [-0.05, 0) is 70.1 Å². The largest absolute Gasteiger partial charge is 0.478 e. The number of carbonyl (C=O) groups excluding carboxylic acids is 1. The molecule has 0 aliphatic heterocycles. The Kier molecular flexibility index (Phi) is 14.8. The van der Waals surface area contributed by atoms with Crippen molar-refractivity contribution in [1.29, 1.82) is 0 Å². The second-order valence-electron chi connectivity index (χ2n) is 7.34. The quantitative estimate of drug-likeness (QED) is 0.0870. The van der Waals surface area contributed by atoms with Gasteiger partial charge in [-0.2, -0.15) is 0 Å². The molecule has 0 aliphatic rings. The van der Waals surface area contributed by atoms with Crippen LogP contribution in [0, 0.1) is 0 Å². The number of carbonyl (C=O) groups is 2. The molecule has 0 aliphatic carbocycles. The summed E-state index contributed by atoms with van der Waals surface area (Å²) < 4.78 is 7.07. The fraction of sp³-hybridized carbons (Fsp3) is 0.636. The first-order valence-electron chi connectivity index (χ1n) is 10.6. The van der Waals surface area contributed by atoms with E-state index in [1.165, 1.54) is 57.8 Å². The van der Waals surface area contributed by atoms with Gasteiger partial charge in [-0.15, -0.1) is 0 Å². The molecule has 170 valence electrons. The predicted octanol–water partition coefficient (Wildman–Crippen LogP) is 9.29. The SMILES string of the molecule is CCCCCCCCCCCCCCOC(=O)c1c(Br)c(Br)c(Br)c(Br)c1C(=O)O. The van der Waals surface area contributed by atoms with Crippen LogP contribution in [0.25, 0.3) is 0 Å². The molecule has 0 saturated carbocycles.